The highest BCUT2D eigenvalue weighted by atomic mass is 32.2. The lowest BCUT2D eigenvalue weighted by Gasteiger charge is -2.30. The van der Waals surface area contributed by atoms with Crippen molar-refractivity contribution in [2.75, 3.05) is 12.8 Å². The minimum absolute atomic E-state index is 0.405. The molecule has 0 saturated heterocycles. The third kappa shape index (κ3) is 4.23. The lowest BCUT2D eigenvalue weighted by molar-refractivity contribution is 0.398. The molecule has 2 nitrogen and oxygen atoms in total. The van der Waals surface area contributed by atoms with Gasteiger partial charge < -0.3 is 5.32 Å². The summed E-state index contributed by atoms with van der Waals surface area (Å²) < 4.78 is 12.1. The molecule has 1 fully saturated rings. The van der Waals surface area contributed by atoms with Gasteiger partial charge in [-0.05, 0) is 32.2 Å². The molecular weight excluding hydrogens is 206 g/mol. The van der Waals surface area contributed by atoms with Crippen LogP contribution in [-0.2, 0) is 10.8 Å². The standard InChI is InChI=1S/C12H25NOS/c1-10(2)8-9-15(14)12-7-5-4-6-11(12)13-3/h10-13H,4-9H2,1-3H3. The van der Waals surface area contributed by atoms with Crippen molar-refractivity contribution in [3.63, 3.8) is 0 Å². The third-order valence-corrected chi connectivity index (χ3v) is 5.19. The molecule has 0 aromatic carbocycles. The summed E-state index contributed by atoms with van der Waals surface area (Å²) in [6.45, 7) is 4.40. The average molecular weight is 231 g/mol. The first-order valence-electron chi connectivity index (χ1n) is 6.19. The molecule has 3 unspecified atom stereocenters. The quantitative estimate of drug-likeness (QED) is 0.787. The van der Waals surface area contributed by atoms with Gasteiger partial charge in [-0.15, -0.1) is 0 Å². The van der Waals surface area contributed by atoms with Gasteiger partial charge in [-0.1, -0.05) is 26.7 Å². The first-order chi connectivity index (χ1) is 7.15. The topological polar surface area (TPSA) is 29.1 Å². The van der Waals surface area contributed by atoms with Gasteiger partial charge in [0.15, 0.2) is 0 Å². The zero-order chi connectivity index (χ0) is 11.3. The van der Waals surface area contributed by atoms with Gasteiger partial charge in [0, 0.05) is 22.6 Å². The fraction of sp³-hybridized carbons (Fsp3) is 1.00. The predicted molar refractivity (Wildman–Crippen MR) is 67.6 cm³/mol. The largest absolute Gasteiger partial charge is 0.316 e. The fourth-order valence-corrected chi connectivity index (χ4v) is 4.32. The maximum absolute atomic E-state index is 12.1. The molecule has 0 aromatic heterocycles. The molecule has 1 aliphatic carbocycles. The molecule has 0 spiro atoms. The highest BCUT2D eigenvalue weighted by molar-refractivity contribution is 7.85. The van der Waals surface area contributed by atoms with Crippen LogP contribution in [0.1, 0.15) is 46.0 Å². The van der Waals surface area contributed by atoms with Gasteiger partial charge in [0.2, 0.25) is 0 Å². The van der Waals surface area contributed by atoms with Crippen molar-refractivity contribution in [3.8, 4) is 0 Å². The molecule has 3 heteroatoms. The molecule has 1 saturated carbocycles. The molecule has 90 valence electrons. The summed E-state index contributed by atoms with van der Waals surface area (Å²) in [6, 6.07) is 0.492. The number of hydrogen-bond acceptors (Lipinski definition) is 2. The monoisotopic (exact) mass is 231 g/mol. The second-order valence-electron chi connectivity index (χ2n) is 4.99. The van der Waals surface area contributed by atoms with Gasteiger partial charge in [0.25, 0.3) is 0 Å². The van der Waals surface area contributed by atoms with Crippen LogP contribution in [0.3, 0.4) is 0 Å². The van der Waals surface area contributed by atoms with E-state index in [4.69, 9.17) is 0 Å². The maximum Gasteiger partial charge on any atom is 0.0501 e. The molecule has 1 N–H and O–H groups in total. The Bertz CT molecular complexity index is 206. The molecule has 0 amide bonds. The maximum atomic E-state index is 12.1. The molecule has 1 rings (SSSR count). The van der Waals surface area contributed by atoms with Gasteiger partial charge in [0.1, 0.15) is 0 Å². The van der Waals surface area contributed by atoms with Crippen LogP contribution >= 0.6 is 0 Å². The van der Waals surface area contributed by atoms with Gasteiger partial charge in [-0.2, -0.15) is 0 Å². The summed E-state index contributed by atoms with van der Waals surface area (Å²) in [5, 5.41) is 3.73. The van der Waals surface area contributed by atoms with Crippen LogP contribution in [0.5, 0.6) is 0 Å². The van der Waals surface area contributed by atoms with Gasteiger partial charge >= 0.3 is 0 Å². The summed E-state index contributed by atoms with van der Waals surface area (Å²) in [6.07, 6.45) is 6.00. The highest BCUT2D eigenvalue weighted by Crippen LogP contribution is 2.23. The Balaban J connectivity index is 2.41. The van der Waals surface area contributed by atoms with Gasteiger partial charge in [-0.25, -0.2) is 0 Å². The van der Waals surface area contributed by atoms with E-state index < -0.39 is 10.8 Å². The fourth-order valence-electron chi connectivity index (χ4n) is 2.24. The third-order valence-electron chi connectivity index (χ3n) is 3.31. The smallest absolute Gasteiger partial charge is 0.0501 e. The molecule has 0 aromatic rings. The highest BCUT2D eigenvalue weighted by Gasteiger charge is 2.28. The Kier molecular flexibility index (Phi) is 5.83. The van der Waals surface area contributed by atoms with E-state index in [-0.39, 0.29) is 0 Å². The SMILES string of the molecule is CNC1CCCCC1S(=O)CCC(C)C. The van der Waals surface area contributed by atoms with Crippen LogP contribution in [-0.4, -0.2) is 28.3 Å². The summed E-state index contributed by atoms with van der Waals surface area (Å²) in [4.78, 5) is 0. The molecule has 1 aliphatic rings. The second-order valence-corrected chi connectivity index (χ2v) is 6.76. The van der Waals surface area contributed by atoms with Crippen molar-refractivity contribution in [2.45, 2.75) is 57.2 Å². The lowest BCUT2D eigenvalue weighted by atomic mass is 9.95. The van der Waals surface area contributed by atoms with E-state index >= 15 is 0 Å². The normalized spacial score (nSPS) is 29.3. The Morgan fingerprint density at radius 2 is 2.00 bits per heavy atom. The number of nitrogens with one attached hydrogen (secondary N) is 1. The lowest BCUT2D eigenvalue weighted by Crippen LogP contribution is -2.43. The van der Waals surface area contributed by atoms with E-state index in [9.17, 15) is 4.21 Å². The van der Waals surface area contributed by atoms with Crippen molar-refractivity contribution in [1.82, 2.24) is 5.32 Å². The average Bonchev–Trinajstić information content (AvgIpc) is 2.25. The number of rotatable bonds is 5. The Labute approximate surface area is 96.7 Å². The Morgan fingerprint density at radius 1 is 1.33 bits per heavy atom. The first kappa shape index (κ1) is 13.2. The van der Waals surface area contributed by atoms with Crippen molar-refractivity contribution < 1.29 is 4.21 Å². The molecule has 0 heterocycles. The summed E-state index contributed by atoms with van der Waals surface area (Å²) in [5.41, 5.74) is 0. The molecule has 0 aliphatic heterocycles. The molecule has 15 heavy (non-hydrogen) atoms. The van der Waals surface area contributed by atoms with Crippen molar-refractivity contribution in [1.29, 1.82) is 0 Å². The van der Waals surface area contributed by atoms with Crippen LogP contribution < -0.4 is 5.32 Å². The second kappa shape index (κ2) is 6.64. The Hall–Kier alpha value is 0.110. The number of hydrogen-bond donors (Lipinski definition) is 1. The van der Waals surface area contributed by atoms with Crippen LogP contribution in [0.25, 0.3) is 0 Å². The minimum atomic E-state index is -0.619. The summed E-state index contributed by atoms with van der Waals surface area (Å²) in [7, 11) is 1.38. The van der Waals surface area contributed by atoms with E-state index in [0.29, 0.717) is 17.2 Å². The molecule has 0 radical (unpaired) electrons. The van der Waals surface area contributed by atoms with Crippen LogP contribution in [0.4, 0.5) is 0 Å². The first-order valence-corrected chi connectivity index (χ1v) is 7.57. The summed E-state index contributed by atoms with van der Waals surface area (Å²) >= 11 is 0. The summed E-state index contributed by atoms with van der Waals surface area (Å²) in [5.74, 6) is 1.56. The predicted octanol–water partition coefficient (Wildman–Crippen LogP) is 2.31. The van der Waals surface area contributed by atoms with E-state index in [0.717, 1.165) is 18.6 Å². The molecule has 3 atom stereocenters. The molecular formula is C12H25NOS. The van der Waals surface area contributed by atoms with Crippen molar-refractivity contribution in [3.05, 3.63) is 0 Å². The van der Waals surface area contributed by atoms with Gasteiger partial charge in [-0.3, -0.25) is 4.21 Å². The van der Waals surface area contributed by atoms with E-state index in [2.05, 4.69) is 19.2 Å². The van der Waals surface area contributed by atoms with Crippen molar-refractivity contribution in [2.24, 2.45) is 5.92 Å². The van der Waals surface area contributed by atoms with Crippen LogP contribution in [0.15, 0.2) is 0 Å². The zero-order valence-corrected chi connectivity index (χ0v) is 11.1. The van der Waals surface area contributed by atoms with Crippen LogP contribution in [0, 0.1) is 5.92 Å². The zero-order valence-electron chi connectivity index (χ0n) is 10.3. The van der Waals surface area contributed by atoms with Crippen molar-refractivity contribution >= 4 is 10.8 Å². The minimum Gasteiger partial charge on any atom is -0.316 e. The van der Waals surface area contributed by atoms with E-state index in [1.54, 1.807) is 0 Å². The van der Waals surface area contributed by atoms with E-state index in [1.165, 1.54) is 19.3 Å². The van der Waals surface area contributed by atoms with E-state index in [1.807, 2.05) is 7.05 Å². The molecule has 0 bridgehead atoms. The van der Waals surface area contributed by atoms with Crippen LogP contribution in [0.2, 0.25) is 0 Å². The van der Waals surface area contributed by atoms with Gasteiger partial charge in [0.05, 0.1) is 5.25 Å². The Morgan fingerprint density at radius 3 is 2.60 bits per heavy atom.